The number of rotatable bonds is 3. The second-order valence-corrected chi connectivity index (χ2v) is 6.77. The molecule has 1 atom stereocenters. The fourth-order valence-corrected chi connectivity index (χ4v) is 2.57. The number of nitrogens with zero attached hydrogens (tertiary/aromatic N) is 1. The molecule has 6 heteroatoms. The summed E-state index contributed by atoms with van der Waals surface area (Å²) >= 11 is 0. The molecule has 3 rings (SSSR count). The molecule has 0 spiro atoms. The zero-order valence-corrected chi connectivity index (χ0v) is 13.7. The second kappa shape index (κ2) is 6.10. The third-order valence-corrected chi connectivity index (χ3v) is 3.64. The van der Waals surface area contributed by atoms with Gasteiger partial charge < -0.3 is 19.6 Å². The van der Waals surface area contributed by atoms with Crippen molar-refractivity contribution in [3.63, 3.8) is 0 Å². The highest BCUT2D eigenvalue weighted by molar-refractivity contribution is 6.01. The van der Waals surface area contributed by atoms with Gasteiger partial charge in [-0.1, -0.05) is 17.3 Å². The lowest BCUT2D eigenvalue weighted by Crippen LogP contribution is -2.37. The standard InChI is InChI=1S/C17H22N2O4/c1-17(2,3)22-16(20)18-10-13-9-14(19-23-13)12-5-4-11-6-7-21-15(11)8-12/h4-5,8,13H,6-7,9-10H2,1-3H3,(H,18,20)/t13-/m0/s1. The van der Waals surface area contributed by atoms with E-state index in [0.29, 0.717) is 13.0 Å². The van der Waals surface area contributed by atoms with Gasteiger partial charge in [0.2, 0.25) is 0 Å². The summed E-state index contributed by atoms with van der Waals surface area (Å²) in [5, 5.41) is 6.85. The molecule has 0 radical (unpaired) electrons. The van der Waals surface area contributed by atoms with Crippen molar-refractivity contribution in [2.45, 2.75) is 45.3 Å². The number of hydrogen-bond donors (Lipinski definition) is 1. The van der Waals surface area contributed by atoms with Crippen molar-refractivity contribution in [1.82, 2.24) is 5.32 Å². The van der Waals surface area contributed by atoms with Crippen LogP contribution in [0, 0.1) is 0 Å². The summed E-state index contributed by atoms with van der Waals surface area (Å²) in [6, 6.07) is 6.13. The van der Waals surface area contributed by atoms with E-state index in [9.17, 15) is 4.79 Å². The van der Waals surface area contributed by atoms with Crippen molar-refractivity contribution in [2.75, 3.05) is 13.2 Å². The van der Waals surface area contributed by atoms with Gasteiger partial charge in [0, 0.05) is 18.4 Å². The van der Waals surface area contributed by atoms with Crippen molar-refractivity contribution in [1.29, 1.82) is 0 Å². The lowest BCUT2D eigenvalue weighted by molar-refractivity contribution is 0.0439. The fraction of sp³-hybridized carbons (Fsp3) is 0.529. The molecule has 0 saturated heterocycles. The van der Waals surface area contributed by atoms with E-state index in [4.69, 9.17) is 14.3 Å². The summed E-state index contributed by atoms with van der Waals surface area (Å²) in [5.41, 5.74) is 2.60. The summed E-state index contributed by atoms with van der Waals surface area (Å²) in [7, 11) is 0. The Labute approximate surface area is 135 Å². The highest BCUT2D eigenvalue weighted by Crippen LogP contribution is 2.28. The number of benzene rings is 1. The molecule has 1 N–H and O–H groups in total. The molecule has 1 aromatic rings. The van der Waals surface area contributed by atoms with Gasteiger partial charge in [0.1, 0.15) is 11.4 Å². The summed E-state index contributed by atoms with van der Waals surface area (Å²) in [6.07, 6.45) is 0.988. The van der Waals surface area contributed by atoms with Crippen LogP contribution in [0.3, 0.4) is 0 Å². The number of oxime groups is 1. The van der Waals surface area contributed by atoms with Crippen LogP contribution in [0.25, 0.3) is 0 Å². The Kier molecular flexibility index (Phi) is 4.15. The average molecular weight is 318 g/mol. The smallest absolute Gasteiger partial charge is 0.407 e. The Morgan fingerprint density at radius 1 is 1.43 bits per heavy atom. The zero-order chi connectivity index (χ0) is 16.4. The Morgan fingerprint density at radius 3 is 3.04 bits per heavy atom. The minimum atomic E-state index is -0.507. The first-order chi connectivity index (χ1) is 10.9. The molecule has 2 aliphatic rings. The molecular weight excluding hydrogens is 296 g/mol. The Balaban J connectivity index is 1.51. The van der Waals surface area contributed by atoms with E-state index < -0.39 is 11.7 Å². The van der Waals surface area contributed by atoms with Crippen molar-refractivity contribution < 1.29 is 19.1 Å². The topological polar surface area (TPSA) is 69.2 Å². The van der Waals surface area contributed by atoms with Crippen molar-refractivity contribution in [3.05, 3.63) is 29.3 Å². The van der Waals surface area contributed by atoms with Crippen LogP contribution in [0.4, 0.5) is 4.79 Å². The summed E-state index contributed by atoms with van der Waals surface area (Å²) in [5.74, 6) is 0.931. The molecule has 6 nitrogen and oxygen atoms in total. The molecule has 1 aromatic carbocycles. The molecule has 1 amide bonds. The van der Waals surface area contributed by atoms with Gasteiger partial charge >= 0.3 is 6.09 Å². The lowest BCUT2D eigenvalue weighted by atomic mass is 10.0. The molecule has 2 heterocycles. The Hall–Kier alpha value is -2.24. The van der Waals surface area contributed by atoms with Crippen LogP contribution >= 0.6 is 0 Å². The van der Waals surface area contributed by atoms with Gasteiger partial charge in [-0.15, -0.1) is 0 Å². The van der Waals surface area contributed by atoms with Gasteiger partial charge in [-0.25, -0.2) is 4.79 Å². The predicted molar refractivity (Wildman–Crippen MR) is 85.9 cm³/mol. The largest absolute Gasteiger partial charge is 0.493 e. The quantitative estimate of drug-likeness (QED) is 0.930. The molecule has 23 heavy (non-hydrogen) atoms. The molecular formula is C17H22N2O4. The van der Waals surface area contributed by atoms with Gasteiger partial charge in [0.05, 0.1) is 18.9 Å². The molecule has 2 aliphatic heterocycles. The van der Waals surface area contributed by atoms with E-state index in [2.05, 4.69) is 16.5 Å². The number of fused-ring (bicyclic) bond motifs is 1. The molecule has 0 saturated carbocycles. The zero-order valence-electron chi connectivity index (χ0n) is 13.7. The highest BCUT2D eigenvalue weighted by Gasteiger charge is 2.25. The lowest BCUT2D eigenvalue weighted by Gasteiger charge is -2.20. The van der Waals surface area contributed by atoms with E-state index in [-0.39, 0.29) is 6.10 Å². The van der Waals surface area contributed by atoms with Crippen LogP contribution in [0.15, 0.2) is 23.4 Å². The fourth-order valence-electron chi connectivity index (χ4n) is 2.57. The summed E-state index contributed by atoms with van der Waals surface area (Å²) < 4.78 is 10.8. The predicted octanol–water partition coefficient (Wildman–Crippen LogP) is 2.64. The van der Waals surface area contributed by atoms with Crippen LogP contribution in [-0.2, 0) is 16.0 Å². The first-order valence-electron chi connectivity index (χ1n) is 7.86. The van der Waals surface area contributed by atoms with Crippen molar-refractivity contribution >= 4 is 11.8 Å². The SMILES string of the molecule is CC(C)(C)OC(=O)NC[C@@H]1CC(c2ccc3c(c2)OCC3)=NO1. The Morgan fingerprint density at radius 2 is 2.26 bits per heavy atom. The molecule has 0 unspecified atom stereocenters. The van der Waals surface area contributed by atoms with E-state index in [1.165, 1.54) is 5.56 Å². The third-order valence-electron chi connectivity index (χ3n) is 3.64. The first kappa shape index (κ1) is 15.6. The number of alkyl carbamates (subject to hydrolysis) is 1. The van der Waals surface area contributed by atoms with Gasteiger partial charge in [0.15, 0.2) is 6.10 Å². The summed E-state index contributed by atoms with van der Waals surface area (Å²) in [6.45, 7) is 6.59. The number of carbonyl (C=O) groups is 1. The summed E-state index contributed by atoms with van der Waals surface area (Å²) in [4.78, 5) is 17.0. The minimum Gasteiger partial charge on any atom is -0.493 e. The van der Waals surface area contributed by atoms with Gasteiger partial charge in [-0.2, -0.15) is 0 Å². The van der Waals surface area contributed by atoms with Crippen LogP contribution in [0.1, 0.15) is 38.3 Å². The van der Waals surface area contributed by atoms with Crippen LogP contribution in [0.2, 0.25) is 0 Å². The maximum Gasteiger partial charge on any atom is 0.407 e. The second-order valence-electron chi connectivity index (χ2n) is 6.77. The third kappa shape index (κ3) is 3.94. The van der Waals surface area contributed by atoms with Gasteiger partial charge in [0.25, 0.3) is 0 Å². The van der Waals surface area contributed by atoms with Gasteiger partial charge in [-0.05, 0) is 32.4 Å². The van der Waals surface area contributed by atoms with E-state index in [1.54, 1.807) is 0 Å². The van der Waals surface area contributed by atoms with Crippen LogP contribution in [0.5, 0.6) is 5.75 Å². The number of nitrogens with one attached hydrogen (secondary N) is 1. The Bertz CT molecular complexity index is 634. The maximum absolute atomic E-state index is 11.7. The van der Waals surface area contributed by atoms with Crippen molar-refractivity contribution in [3.8, 4) is 5.75 Å². The number of ether oxygens (including phenoxy) is 2. The van der Waals surface area contributed by atoms with Crippen LogP contribution in [-0.4, -0.2) is 36.7 Å². The normalized spacial score (nSPS) is 19.4. The van der Waals surface area contributed by atoms with Crippen LogP contribution < -0.4 is 10.1 Å². The van der Waals surface area contributed by atoms with E-state index >= 15 is 0 Å². The number of amides is 1. The van der Waals surface area contributed by atoms with E-state index in [1.807, 2.05) is 32.9 Å². The minimum absolute atomic E-state index is 0.174. The van der Waals surface area contributed by atoms with Gasteiger partial charge in [-0.3, -0.25) is 0 Å². The number of carbonyl (C=O) groups excluding carboxylic acids is 1. The van der Waals surface area contributed by atoms with E-state index in [0.717, 1.165) is 30.1 Å². The maximum atomic E-state index is 11.7. The molecule has 0 aromatic heterocycles. The van der Waals surface area contributed by atoms with Crippen molar-refractivity contribution in [2.24, 2.45) is 5.16 Å². The first-order valence-corrected chi connectivity index (χ1v) is 7.86. The molecule has 124 valence electrons. The number of hydrogen-bond acceptors (Lipinski definition) is 5. The monoisotopic (exact) mass is 318 g/mol. The molecule has 0 bridgehead atoms. The average Bonchev–Trinajstić information content (AvgIpc) is 3.11. The molecule has 0 aliphatic carbocycles. The highest BCUT2D eigenvalue weighted by atomic mass is 16.6. The molecule has 0 fully saturated rings.